The fraction of sp³-hybridized carbons (Fsp3) is 0.524. The monoisotopic (exact) mass is 403 g/mol. The van der Waals surface area contributed by atoms with Gasteiger partial charge in [0.15, 0.2) is 5.96 Å². The molecule has 2 aromatic rings. The highest BCUT2D eigenvalue weighted by Gasteiger charge is 2.09. The Kier molecular flexibility index (Phi) is 9.96. The number of methoxy groups -OCH3 is 1. The molecule has 0 spiro atoms. The fourth-order valence-electron chi connectivity index (χ4n) is 2.73. The summed E-state index contributed by atoms with van der Waals surface area (Å²) in [6.07, 6.45) is 1.05. The standard InChI is InChI=1S/C21H33N5OS/c1-5-22-21(23-12-14-26(3)13-9-15-27-4)24-16-19-17(2)25-20(28-19)18-10-7-6-8-11-18/h6-8,10-11H,5,9,12-16H2,1-4H3,(H2,22,23,24). The number of ether oxygens (including phenoxy) is 1. The number of guanidine groups is 1. The predicted molar refractivity (Wildman–Crippen MR) is 119 cm³/mol. The molecule has 0 unspecified atom stereocenters. The Hall–Kier alpha value is -1.96. The van der Waals surface area contributed by atoms with Crippen LogP contribution >= 0.6 is 11.3 Å². The molecule has 6 nitrogen and oxygen atoms in total. The molecular formula is C21H33N5OS. The summed E-state index contributed by atoms with van der Waals surface area (Å²) in [5, 5.41) is 7.80. The van der Waals surface area contributed by atoms with Crippen LogP contribution in [0.15, 0.2) is 35.3 Å². The second-order valence-corrected chi connectivity index (χ2v) is 7.75. The predicted octanol–water partition coefficient (Wildman–Crippen LogP) is 3.14. The molecule has 7 heteroatoms. The van der Waals surface area contributed by atoms with Crippen LogP contribution in [0.5, 0.6) is 0 Å². The van der Waals surface area contributed by atoms with Gasteiger partial charge in [-0.2, -0.15) is 0 Å². The topological polar surface area (TPSA) is 61.8 Å². The van der Waals surface area contributed by atoms with Gasteiger partial charge in [-0.25, -0.2) is 9.98 Å². The van der Waals surface area contributed by atoms with Gasteiger partial charge in [-0.15, -0.1) is 11.3 Å². The van der Waals surface area contributed by atoms with Crippen LogP contribution in [-0.2, 0) is 11.3 Å². The molecule has 0 aliphatic heterocycles. The molecule has 2 N–H and O–H groups in total. The number of nitrogens with one attached hydrogen (secondary N) is 2. The summed E-state index contributed by atoms with van der Waals surface area (Å²) in [5.74, 6) is 0.849. The van der Waals surface area contributed by atoms with Crippen molar-refractivity contribution in [2.24, 2.45) is 4.99 Å². The third kappa shape index (κ3) is 7.58. The highest BCUT2D eigenvalue weighted by molar-refractivity contribution is 7.15. The molecular weight excluding hydrogens is 370 g/mol. The van der Waals surface area contributed by atoms with Gasteiger partial charge < -0.3 is 20.3 Å². The van der Waals surface area contributed by atoms with Crippen molar-refractivity contribution < 1.29 is 4.74 Å². The summed E-state index contributed by atoms with van der Waals surface area (Å²) in [4.78, 5) is 13.0. The first-order valence-electron chi connectivity index (χ1n) is 9.85. The molecule has 0 atom stereocenters. The Morgan fingerprint density at radius 2 is 2.00 bits per heavy atom. The highest BCUT2D eigenvalue weighted by atomic mass is 32.1. The van der Waals surface area contributed by atoms with E-state index >= 15 is 0 Å². The molecule has 1 aromatic heterocycles. The van der Waals surface area contributed by atoms with Crippen LogP contribution in [0.3, 0.4) is 0 Å². The van der Waals surface area contributed by atoms with E-state index in [0.717, 1.165) is 61.4 Å². The summed E-state index contributed by atoms with van der Waals surface area (Å²) in [6, 6.07) is 10.3. The summed E-state index contributed by atoms with van der Waals surface area (Å²) >= 11 is 1.72. The highest BCUT2D eigenvalue weighted by Crippen LogP contribution is 2.28. The minimum atomic E-state index is 0.634. The first-order valence-corrected chi connectivity index (χ1v) is 10.7. The lowest BCUT2D eigenvalue weighted by Crippen LogP contribution is -2.41. The van der Waals surface area contributed by atoms with Crippen molar-refractivity contribution in [3.8, 4) is 10.6 Å². The first-order chi connectivity index (χ1) is 13.6. The van der Waals surface area contributed by atoms with Crippen LogP contribution in [-0.4, -0.2) is 62.8 Å². The summed E-state index contributed by atoms with van der Waals surface area (Å²) in [5.41, 5.74) is 2.22. The average Bonchev–Trinajstić information content (AvgIpc) is 3.08. The van der Waals surface area contributed by atoms with Gasteiger partial charge in [0, 0.05) is 50.3 Å². The van der Waals surface area contributed by atoms with E-state index in [1.165, 1.54) is 4.88 Å². The molecule has 0 fully saturated rings. The van der Waals surface area contributed by atoms with Crippen molar-refractivity contribution >= 4 is 17.3 Å². The quantitative estimate of drug-likeness (QED) is 0.343. The van der Waals surface area contributed by atoms with E-state index in [1.54, 1.807) is 18.4 Å². The Morgan fingerprint density at radius 3 is 2.71 bits per heavy atom. The molecule has 0 saturated carbocycles. The second-order valence-electron chi connectivity index (χ2n) is 6.67. The van der Waals surface area contributed by atoms with Crippen LogP contribution in [0.25, 0.3) is 10.6 Å². The van der Waals surface area contributed by atoms with Gasteiger partial charge in [0.2, 0.25) is 0 Å². The number of hydrogen-bond acceptors (Lipinski definition) is 5. The van der Waals surface area contributed by atoms with Crippen LogP contribution < -0.4 is 10.6 Å². The van der Waals surface area contributed by atoms with Gasteiger partial charge >= 0.3 is 0 Å². The smallest absolute Gasteiger partial charge is 0.191 e. The van der Waals surface area contributed by atoms with E-state index in [9.17, 15) is 0 Å². The third-order valence-corrected chi connectivity index (χ3v) is 5.50. The van der Waals surface area contributed by atoms with E-state index in [4.69, 9.17) is 14.7 Å². The van der Waals surface area contributed by atoms with Crippen molar-refractivity contribution in [2.45, 2.75) is 26.8 Å². The molecule has 0 amide bonds. The van der Waals surface area contributed by atoms with E-state index in [1.807, 2.05) is 18.2 Å². The van der Waals surface area contributed by atoms with Crippen molar-refractivity contribution in [3.05, 3.63) is 40.9 Å². The molecule has 1 heterocycles. The zero-order valence-electron chi connectivity index (χ0n) is 17.5. The molecule has 0 aliphatic carbocycles. The Bertz CT molecular complexity index is 717. The van der Waals surface area contributed by atoms with Crippen molar-refractivity contribution in [1.82, 2.24) is 20.5 Å². The molecule has 154 valence electrons. The minimum Gasteiger partial charge on any atom is -0.385 e. The van der Waals surface area contributed by atoms with Gasteiger partial charge in [0.25, 0.3) is 0 Å². The summed E-state index contributed by atoms with van der Waals surface area (Å²) in [7, 11) is 3.88. The number of benzene rings is 1. The Labute approximate surface area is 173 Å². The van der Waals surface area contributed by atoms with Crippen LogP contribution in [0, 0.1) is 6.92 Å². The number of thiazole rings is 1. The second kappa shape index (κ2) is 12.5. The van der Waals surface area contributed by atoms with E-state index in [-0.39, 0.29) is 0 Å². The van der Waals surface area contributed by atoms with Gasteiger partial charge in [-0.05, 0) is 27.3 Å². The van der Waals surface area contributed by atoms with E-state index < -0.39 is 0 Å². The largest absolute Gasteiger partial charge is 0.385 e. The molecule has 1 aromatic carbocycles. The molecule has 2 rings (SSSR count). The number of rotatable bonds is 11. The number of nitrogens with zero attached hydrogens (tertiary/aromatic N) is 3. The van der Waals surface area contributed by atoms with E-state index in [2.05, 4.69) is 48.6 Å². The molecule has 0 radical (unpaired) electrons. The minimum absolute atomic E-state index is 0.634. The van der Waals surface area contributed by atoms with Crippen LogP contribution in [0.1, 0.15) is 23.9 Å². The fourth-order valence-corrected chi connectivity index (χ4v) is 3.72. The van der Waals surface area contributed by atoms with Gasteiger partial charge in [-0.1, -0.05) is 30.3 Å². The zero-order valence-corrected chi connectivity index (χ0v) is 18.3. The lowest BCUT2D eigenvalue weighted by Gasteiger charge is -2.18. The number of aliphatic imine (C=N–C) groups is 1. The van der Waals surface area contributed by atoms with Gasteiger partial charge in [-0.3, -0.25) is 0 Å². The molecule has 0 bridgehead atoms. The van der Waals surface area contributed by atoms with Crippen LogP contribution in [0.4, 0.5) is 0 Å². The normalized spacial score (nSPS) is 11.8. The van der Waals surface area contributed by atoms with Gasteiger partial charge in [0.1, 0.15) is 5.01 Å². The van der Waals surface area contributed by atoms with Crippen molar-refractivity contribution in [3.63, 3.8) is 0 Å². The number of likely N-dealkylation sites (N-methyl/N-ethyl adjacent to an activating group) is 1. The molecule has 28 heavy (non-hydrogen) atoms. The molecule has 0 saturated heterocycles. The average molecular weight is 404 g/mol. The number of aromatic nitrogens is 1. The lowest BCUT2D eigenvalue weighted by molar-refractivity contribution is 0.180. The third-order valence-electron chi connectivity index (χ3n) is 4.31. The van der Waals surface area contributed by atoms with Crippen LogP contribution in [0.2, 0.25) is 0 Å². The van der Waals surface area contributed by atoms with E-state index in [0.29, 0.717) is 6.54 Å². The number of hydrogen-bond donors (Lipinski definition) is 2. The van der Waals surface area contributed by atoms with Crippen molar-refractivity contribution in [1.29, 1.82) is 0 Å². The number of aryl methyl sites for hydroxylation is 1. The maximum Gasteiger partial charge on any atom is 0.191 e. The SMILES string of the molecule is CCNC(=NCc1sc(-c2ccccc2)nc1C)NCCN(C)CCCOC. The Morgan fingerprint density at radius 1 is 1.21 bits per heavy atom. The maximum absolute atomic E-state index is 5.10. The first kappa shape index (κ1) is 22.3. The molecule has 0 aliphatic rings. The maximum atomic E-state index is 5.10. The van der Waals surface area contributed by atoms with Gasteiger partial charge in [0.05, 0.1) is 12.2 Å². The lowest BCUT2D eigenvalue weighted by atomic mass is 10.2. The zero-order chi connectivity index (χ0) is 20.2. The summed E-state index contributed by atoms with van der Waals surface area (Å²) < 4.78 is 5.10. The van der Waals surface area contributed by atoms with Crippen molar-refractivity contribution in [2.75, 3.05) is 46.9 Å². The summed E-state index contributed by atoms with van der Waals surface area (Å²) in [6.45, 7) is 9.27. The Balaban J connectivity index is 1.89.